The van der Waals surface area contributed by atoms with Crippen LogP contribution in [0.4, 0.5) is 5.69 Å². The van der Waals surface area contributed by atoms with Crippen LogP contribution in [0, 0.1) is 0 Å². The zero-order valence-corrected chi connectivity index (χ0v) is 12.5. The molecule has 0 saturated carbocycles. The molecular weight excluding hydrogens is 272 g/mol. The molecule has 2 N–H and O–H groups in total. The summed E-state index contributed by atoms with van der Waals surface area (Å²) >= 11 is 6.18. The van der Waals surface area contributed by atoms with E-state index in [1.54, 1.807) is 7.11 Å². The van der Waals surface area contributed by atoms with Gasteiger partial charge in [0.15, 0.2) is 0 Å². The number of benzene rings is 2. The summed E-state index contributed by atoms with van der Waals surface area (Å²) in [6.07, 6.45) is 0. The fraction of sp³-hybridized carbons (Fsp3) is 0.250. The molecule has 0 aliphatic carbocycles. The Morgan fingerprint density at radius 2 is 1.80 bits per heavy atom. The van der Waals surface area contributed by atoms with Crippen LogP contribution in [0.5, 0.6) is 5.75 Å². The molecule has 0 aliphatic heterocycles. The van der Waals surface area contributed by atoms with Gasteiger partial charge >= 0.3 is 0 Å². The van der Waals surface area contributed by atoms with Crippen LogP contribution in [0.2, 0.25) is 5.02 Å². The first-order valence-electron chi connectivity index (χ1n) is 6.44. The quantitative estimate of drug-likeness (QED) is 0.856. The molecule has 4 heteroatoms. The maximum atomic E-state index is 6.18. The number of nitrogens with zero attached hydrogens (tertiary/aromatic N) is 1. The van der Waals surface area contributed by atoms with Crippen LogP contribution >= 0.6 is 11.6 Å². The van der Waals surface area contributed by atoms with Crippen LogP contribution in [0.25, 0.3) is 0 Å². The van der Waals surface area contributed by atoms with Crippen molar-refractivity contribution in [3.05, 3.63) is 58.6 Å². The van der Waals surface area contributed by atoms with Gasteiger partial charge in [-0.25, -0.2) is 0 Å². The van der Waals surface area contributed by atoms with Crippen molar-refractivity contribution in [3.63, 3.8) is 0 Å². The Hall–Kier alpha value is -1.71. The lowest BCUT2D eigenvalue weighted by molar-refractivity contribution is 0.319. The summed E-state index contributed by atoms with van der Waals surface area (Å²) in [6, 6.07) is 13.6. The SMILES string of the molecule is COc1ccc(N)c(CN(C)Cc2ccccc2Cl)c1. The van der Waals surface area contributed by atoms with E-state index in [4.69, 9.17) is 22.1 Å². The van der Waals surface area contributed by atoms with E-state index in [2.05, 4.69) is 4.90 Å². The number of nitrogen functional groups attached to an aromatic ring is 1. The topological polar surface area (TPSA) is 38.5 Å². The lowest BCUT2D eigenvalue weighted by Crippen LogP contribution is -2.18. The maximum absolute atomic E-state index is 6.18. The van der Waals surface area contributed by atoms with Gasteiger partial charge in [0.25, 0.3) is 0 Å². The Morgan fingerprint density at radius 3 is 2.50 bits per heavy atom. The zero-order chi connectivity index (χ0) is 14.5. The molecule has 0 atom stereocenters. The largest absolute Gasteiger partial charge is 0.497 e. The van der Waals surface area contributed by atoms with E-state index in [1.807, 2.05) is 49.5 Å². The summed E-state index contributed by atoms with van der Waals surface area (Å²) in [5, 5.41) is 0.790. The van der Waals surface area contributed by atoms with Gasteiger partial charge in [-0.1, -0.05) is 29.8 Å². The lowest BCUT2D eigenvalue weighted by Gasteiger charge is -2.19. The number of methoxy groups -OCH3 is 1. The van der Waals surface area contributed by atoms with E-state index < -0.39 is 0 Å². The highest BCUT2D eigenvalue weighted by Crippen LogP contribution is 2.22. The van der Waals surface area contributed by atoms with Crippen molar-refractivity contribution >= 4 is 17.3 Å². The Balaban J connectivity index is 2.08. The molecule has 0 fully saturated rings. The molecule has 0 heterocycles. The van der Waals surface area contributed by atoms with Crippen LogP contribution in [0.1, 0.15) is 11.1 Å². The third-order valence-electron chi connectivity index (χ3n) is 3.19. The predicted molar refractivity (Wildman–Crippen MR) is 84.0 cm³/mol. The first-order chi connectivity index (χ1) is 9.60. The molecule has 2 rings (SSSR count). The van der Waals surface area contributed by atoms with Gasteiger partial charge in [-0.05, 0) is 42.4 Å². The molecule has 0 aliphatic rings. The van der Waals surface area contributed by atoms with E-state index in [9.17, 15) is 0 Å². The van der Waals surface area contributed by atoms with Crippen LogP contribution < -0.4 is 10.5 Å². The van der Waals surface area contributed by atoms with Gasteiger partial charge < -0.3 is 10.5 Å². The fourth-order valence-corrected chi connectivity index (χ4v) is 2.31. The van der Waals surface area contributed by atoms with Crippen LogP contribution in [0.15, 0.2) is 42.5 Å². The maximum Gasteiger partial charge on any atom is 0.119 e. The highest BCUT2D eigenvalue weighted by atomic mass is 35.5. The number of halogens is 1. The van der Waals surface area contributed by atoms with Crippen LogP contribution in [-0.2, 0) is 13.1 Å². The van der Waals surface area contributed by atoms with Crippen molar-refractivity contribution in [3.8, 4) is 5.75 Å². The van der Waals surface area contributed by atoms with Crippen LogP contribution in [-0.4, -0.2) is 19.1 Å². The molecule has 0 amide bonds. The summed E-state index contributed by atoms with van der Waals surface area (Å²) < 4.78 is 5.23. The van der Waals surface area contributed by atoms with Crippen molar-refractivity contribution in [2.24, 2.45) is 0 Å². The molecule has 0 bridgehead atoms. The van der Waals surface area contributed by atoms with Crippen molar-refractivity contribution in [1.29, 1.82) is 0 Å². The molecule has 0 spiro atoms. The summed E-state index contributed by atoms with van der Waals surface area (Å²) in [5.41, 5.74) is 8.95. The first-order valence-corrected chi connectivity index (χ1v) is 6.82. The molecule has 2 aromatic rings. The van der Waals surface area contributed by atoms with E-state index in [0.717, 1.165) is 40.7 Å². The first kappa shape index (κ1) is 14.7. The summed E-state index contributed by atoms with van der Waals surface area (Å²) in [6.45, 7) is 1.52. The van der Waals surface area contributed by atoms with Crippen molar-refractivity contribution < 1.29 is 4.74 Å². The molecule has 0 radical (unpaired) electrons. The predicted octanol–water partition coefficient (Wildman–Crippen LogP) is 3.56. The van der Waals surface area contributed by atoms with Crippen molar-refractivity contribution in [1.82, 2.24) is 4.90 Å². The van der Waals surface area contributed by atoms with E-state index in [0.29, 0.717) is 0 Å². The highest BCUT2D eigenvalue weighted by Gasteiger charge is 2.08. The zero-order valence-electron chi connectivity index (χ0n) is 11.8. The van der Waals surface area contributed by atoms with Gasteiger partial charge in [0.1, 0.15) is 5.75 Å². The normalized spacial score (nSPS) is 10.8. The Labute approximate surface area is 124 Å². The Bertz CT molecular complexity index is 586. The Kier molecular flexibility index (Phi) is 4.88. The Morgan fingerprint density at radius 1 is 1.10 bits per heavy atom. The van der Waals surface area contributed by atoms with E-state index >= 15 is 0 Å². The van der Waals surface area contributed by atoms with Gasteiger partial charge in [-0.2, -0.15) is 0 Å². The average molecular weight is 291 g/mol. The molecule has 0 aromatic heterocycles. The smallest absolute Gasteiger partial charge is 0.119 e. The van der Waals surface area contributed by atoms with Crippen molar-refractivity contribution in [2.75, 3.05) is 19.9 Å². The van der Waals surface area contributed by atoms with Crippen LogP contribution in [0.3, 0.4) is 0 Å². The molecule has 106 valence electrons. The molecule has 0 unspecified atom stereocenters. The summed E-state index contributed by atoms with van der Waals surface area (Å²) in [4.78, 5) is 2.17. The number of hydrogen-bond acceptors (Lipinski definition) is 3. The second-order valence-corrected chi connectivity index (χ2v) is 5.24. The van der Waals surface area contributed by atoms with Crippen molar-refractivity contribution in [2.45, 2.75) is 13.1 Å². The molecule has 0 saturated heterocycles. The second-order valence-electron chi connectivity index (χ2n) is 4.83. The third kappa shape index (κ3) is 3.65. The van der Waals surface area contributed by atoms with E-state index in [1.165, 1.54) is 0 Å². The van der Waals surface area contributed by atoms with Gasteiger partial charge in [0.2, 0.25) is 0 Å². The minimum atomic E-state index is 0.744. The highest BCUT2D eigenvalue weighted by molar-refractivity contribution is 6.31. The van der Waals surface area contributed by atoms with Gasteiger partial charge in [-0.3, -0.25) is 4.90 Å². The number of anilines is 1. The number of hydrogen-bond donors (Lipinski definition) is 1. The second kappa shape index (κ2) is 6.64. The number of nitrogens with two attached hydrogens (primary N) is 1. The minimum Gasteiger partial charge on any atom is -0.497 e. The summed E-state index contributed by atoms with van der Waals surface area (Å²) in [5.74, 6) is 0.820. The monoisotopic (exact) mass is 290 g/mol. The minimum absolute atomic E-state index is 0.744. The molecular formula is C16H19ClN2O. The fourth-order valence-electron chi connectivity index (χ4n) is 2.11. The van der Waals surface area contributed by atoms with Gasteiger partial charge in [-0.15, -0.1) is 0 Å². The third-order valence-corrected chi connectivity index (χ3v) is 3.56. The lowest BCUT2D eigenvalue weighted by atomic mass is 10.1. The number of ether oxygens (including phenoxy) is 1. The van der Waals surface area contributed by atoms with Gasteiger partial charge in [0, 0.05) is 23.8 Å². The molecule has 20 heavy (non-hydrogen) atoms. The average Bonchev–Trinajstić information content (AvgIpc) is 2.44. The summed E-state index contributed by atoms with van der Waals surface area (Å²) in [7, 11) is 3.70. The molecule has 2 aromatic carbocycles. The molecule has 3 nitrogen and oxygen atoms in total. The van der Waals surface area contributed by atoms with Gasteiger partial charge in [0.05, 0.1) is 7.11 Å². The standard InChI is InChI=1S/C16H19ClN2O/c1-19(10-12-5-3-4-6-15(12)17)11-13-9-14(20-2)7-8-16(13)18/h3-9H,10-11,18H2,1-2H3. The van der Waals surface area contributed by atoms with E-state index in [-0.39, 0.29) is 0 Å². The number of rotatable bonds is 5.